The number of nitrogens with one attached hydrogen (secondary N) is 1. The van der Waals surface area contributed by atoms with Gasteiger partial charge >= 0.3 is 0 Å². The SMILES string of the molecule is CN(C(=O)CCCc1nc2ccccc2c(=O)[nH]1)C1(c2ccccc2Cl)CCCCC1=O. The Labute approximate surface area is 191 Å². The summed E-state index contributed by atoms with van der Waals surface area (Å²) in [4.78, 5) is 47.5. The van der Waals surface area contributed by atoms with Crippen LogP contribution in [0.5, 0.6) is 0 Å². The van der Waals surface area contributed by atoms with E-state index in [0.29, 0.717) is 53.0 Å². The number of aromatic nitrogens is 2. The minimum atomic E-state index is -1.02. The van der Waals surface area contributed by atoms with E-state index in [0.717, 1.165) is 12.8 Å². The van der Waals surface area contributed by atoms with Gasteiger partial charge in [0, 0.05) is 36.9 Å². The molecule has 3 aromatic rings. The number of aromatic amines is 1. The van der Waals surface area contributed by atoms with E-state index < -0.39 is 5.54 Å². The molecule has 0 bridgehead atoms. The highest BCUT2D eigenvalue weighted by Crippen LogP contribution is 2.42. The number of carbonyl (C=O) groups excluding carboxylic acids is 2. The van der Waals surface area contributed by atoms with Crippen molar-refractivity contribution in [2.24, 2.45) is 0 Å². The van der Waals surface area contributed by atoms with Gasteiger partial charge in [-0.2, -0.15) is 0 Å². The number of likely N-dealkylation sites (N-methyl/N-ethyl adjacent to an activating group) is 1. The lowest BCUT2D eigenvalue weighted by atomic mass is 9.74. The minimum Gasteiger partial charge on any atom is -0.329 e. The lowest BCUT2D eigenvalue weighted by Gasteiger charge is -2.44. The van der Waals surface area contributed by atoms with Crippen LogP contribution < -0.4 is 5.56 Å². The fraction of sp³-hybridized carbons (Fsp3) is 0.360. The van der Waals surface area contributed by atoms with Crippen molar-refractivity contribution in [1.29, 1.82) is 0 Å². The molecule has 1 heterocycles. The Morgan fingerprint density at radius 1 is 1.12 bits per heavy atom. The van der Waals surface area contributed by atoms with Crippen molar-refractivity contribution in [3.63, 3.8) is 0 Å². The second kappa shape index (κ2) is 9.25. The zero-order valence-electron chi connectivity index (χ0n) is 18.1. The fourth-order valence-electron chi connectivity index (χ4n) is 4.67. The van der Waals surface area contributed by atoms with E-state index in [9.17, 15) is 14.4 Å². The first-order chi connectivity index (χ1) is 15.4. The summed E-state index contributed by atoms with van der Waals surface area (Å²) in [5.74, 6) is 0.468. The van der Waals surface area contributed by atoms with Gasteiger partial charge in [-0.25, -0.2) is 4.98 Å². The highest BCUT2D eigenvalue weighted by Gasteiger charge is 2.47. The molecule has 1 atom stereocenters. The number of hydrogen-bond acceptors (Lipinski definition) is 4. The third-order valence-electron chi connectivity index (χ3n) is 6.39. The highest BCUT2D eigenvalue weighted by molar-refractivity contribution is 6.31. The van der Waals surface area contributed by atoms with Crippen molar-refractivity contribution in [3.8, 4) is 0 Å². The number of benzene rings is 2. The number of rotatable bonds is 6. The number of para-hydroxylation sites is 1. The van der Waals surface area contributed by atoms with Crippen molar-refractivity contribution in [2.45, 2.75) is 50.5 Å². The Hall–Kier alpha value is -2.99. The number of aryl methyl sites for hydroxylation is 1. The third-order valence-corrected chi connectivity index (χ3v) is 6.72. The van der Waals surface area contributed by atoms with Gasteiger partial charge in [-0.3, -0.25) is 14.4 Å². The molecule has 1 fully saturated rings. The van der Waals surface area contributed by atoms with Crippen LogP contribution in [0.2, 0.25) is 5.02 Å². The average Bonchev–Trinajstić information content (AvgIpc) is 2.79. The van der Waals surface area contributed by atoms with Crippen molar-refractivity contribution < 1.29 is 9.59 Å². The van der Waals surface area contributed by atoms with Crippen molar-refractivity contribution >= 4 is 34.2 Å². The number of ketones is 1. The Morgan fingerprint density at radius 2 is 1.88 bits per heavy atom. The largest absolute Gasteiger partial charge is 0.329 e. The first kappa shape index (κ1) is 22.2. The molecule has 1 saturated carbocycles. The minimum absolute atomic E-state index is 0.0354. The van der Waals surface area contributed by atoms with Gasteiger partial charge in [0.25, 0.3) is 5.56 Å². The third kappa shape index (κ3) is 4.07. The van der Waals surface area contributed by atoms with Gasteiger partial charge in [-0.15, -0.1) is 0 Å². The quantitative estimate of drug-likeness (QED) is 0.602. The number of carbonyl (C=O) groups is 2. The van der Waals surface area contributed by atoms with Gasteiger partial charge in [0.15, 0.2) is 5.78 Å². The van der Waals surface area contributed by atoms with Crippen molar-refractivity contribution in [2.75, 3.05) is 7.05 Å². The first-order valence-corrected chi connectivity index (χ1v) is 11.3. The van der Waals surface area contributed by atoms with Gasteiger partial charge in [0.2, 0.25) is 5.91 Å². The zero-order valence-corrected chi connectivity index (χ0v) is 18.8. The van der Waals surface area contributed by atoms with Crippen LogP contribution in [0, 0.1) is 0 Å². The molecule has 0 radical (unpaired) electrons. The molecule has 32 heavy (non-hydrogen) atoms. The van der Waals surface area contributed by atoms with Gasteiger partial charge in [-0.1, -0.05) is 41.9 Å². The summed E-state index contributed by atoms with van der Waals surface area (Å²) < 4.78 is 0. The molecule has 1 aliphatic carbocycles. The lowest BCUT2D eigenvalue weighted by molar-refractivity contribution is -0.148. The van der Waals surface area contributed by atoms with E-state index >= 15 is 0 Å². The standard InChI is InChI=1S/C25H26ClN3O3/c1-29(25(16-7-6-13-21(25)30)18-10-3-4-11-19(18)26)23(31)15-8-14-22-27-20-12-5-2-9-17(20)24(32)28-22/h2-5,9-12H,6-8,13-16H2,1H3,(H,27,28,32). The van der Waals surface area contributed by atoms with Crippen molar-refractivity contribution in [3.05, 3.63) is 75.3 Å². The molecule has 0 saturated heterocycles. The molecule has 166 valence electrons. The summed E-state index contributed by atoms with van der Waals surface area (Å²) in [6.07, 6.45) is 3.91. The van der Waals surface area contributed by atoms with Crippen LogP contribution in [0.3, 0.4) is 0 Å². The monoisotopic (exact) mass is 451 g/mol. The number of halogens is 1. The van der Waals surface area contributed by atoms with Crippen LogP contribution in [-0.2, 0) is 21.5 Å². The summed E-state index contributed by atoms with van der Waals surface area (Å²) in [5, 5.41) is 1.05. The smallest absolute Gasteiger partial charge is 0.258 e. The van der Waals surface area contributed by atoms with Gasteiger partial charge in [0.05, 0.1) is 10.9 Å². The summed E-state index contributed by atoms with van der Waals surface area (Å²) in [6.45, 7) is 0. The summed E-state index contributed by atoms with van der Waals surface area (Å²) in [7, 11) is 1.70. The molecule has 4 rings (SSSR count). The molecule has 0 aliphatic heterocycles. The predicted octanol–water partition coefficient (Wildman–Crippen LogP) is 4.40. The van der Waals surface area contributed by atoms with Crippen LogP contribution in [0.4, 0.5) is 0 Å². The Bertz CT molecular complexity index is 1220. The van der Waals surface area contributed by atoms with Crippen molar-refractivity contribution in [1.82, 2.24) is 14.9 Å². The van der Waals surface area contributed by atoms with Crippen LogP contribution >= 0.6 is 11.6 Å². The Kier molecular flexibility index (Phi) is 6.42. The topological polar surface area (TPSA) is 83.1 Å². The number of amides is 1. The van der Waals surface area contributed by atoms with Crippen LogP contribution in [-0.4, -0.2) is 33.6 Å². The first-order valence-electron chi connectivity index (χ1n) is 11.0. The summed E-state index contributed by atoms with van der Waals surface area (Å²) in [5.41, 5.74) is 0.130. The number of fused-ring (bicyclic) bond motifs is 1. The van der Waals surface area contributed by atoms with E-state index in [1.807, 2.05) is 24.3 Å². The predicted molar refractivity (Wildman–Crippen MR) is 125 cm³/mol. The molecule has 1 aromatic heterocycles. The van der Waals surface area contributed by atoms with E-state index in [4.69, 9.17) is 11.6 Å². The molecule has 1 N–H and O–H groups in total. The maximum atomic E-state index is 13.2. The van der Waals surface area contributed by atoms with Crippen LogP contribution in [0.25, 0.3) is 10.9 Å². The second-order valence-corrected chi connectivity index (χ2v) is 8.71. The number of Topliss-reactive ketones (excluding diaryl/α,β-unsaturated/α-hetero) is 1. The molecule has 7 heteroatoms. The summed E-state index contributed by atoms with van der Waals surface area (Å²) >= 11 is 6.48. The molecule has 1 aliphatic rings. The normalized spacial score (nSPS) is 18.6. The Balaban J connectivity index is 1.51. The maximum absolute atomic E-state index is 13.2. The van der Waals surface area contributed by atoms with Gasteiger partial charge < -0.3 is 9.88 Å². The molecular weight excluding hydrogens is 426 g/mol. The highest BCUT2D eigenvalue weighted by atomic mass is 35.5. The number of nitrogens with zero attached hydrogens (tertiary/aromatic N) is 2. The van der Waals surface area contributed by atoms with Crippen LogP contribution in [0.1, 0.15) is 49.9 Å². The maximum Gasteiger partial charge on any atom is 0.258 e. The van der Waals surface area contributed by atoms with Gasteiger partial charge in [0.1, 0.15) is 11.4 Å². The van der Waals surface area contributed by atoms with E-state index in [1.165, 1.54) is 0 Å². The number of H-pyrrole nitrogens is 1. The zero-order chi connectivity index (χ0) is 22.7. The molecule has 6 nitrogen and oxygen atoms in total. The molecule has 1 unspecified atom stereocenters. The van der Waals surface area contributed by atoms with Gasteiger partial charge in [-0.05, 0) is 43.9 Å². The summed E-state index contributed by atoms with van der Waals surface area (Å²) in [6, 6.07) is 14.5. The molecular formula is C25H26ClN3O3. The molecule has 0 spiro atoms. The van der Waals surface area contributed by atoms with E-state index in [2.05, 4.69) is 9.97 Å². The number of hydrogen-bond donors (Lipinski definition) is 1. The lowest BCUT2D eigenvalue weighted by Crippen LogP contribution is -2.54. The molecule has 1 amide bonds. The van der Waals surface area contributed by atoms with E-state index in [-0.39, 0.29) is 23.7 Å². The van der Waals surface area contributed by atoms with Crippen LogP contribution in [0.15, 0.2) is 53.3 Å². The second-order valence-electron chi connectivity index (χ2n) is 8.31. The average molecular weight is 452 g/mol. The Morgan fingerprint density at radius 3 is 2.66 bits per heavy atom. The van der Waals surface area contributed by atoms with E-state index in [1.54, 1.807) is 36.2 Å². The fourth-order valence-corrected chi connectivity index (χ4v) is 4.96. The molecule has 2 aromatic carbocycles.